The lowest BCUT2D eigenvalue weighted by molar-refractivity contribution is -0.118. The molecule has 0 aromatic carbocycles. The van der Waals surface area contributed by atoms with Crippen molar-refractivity contribution in [2.45, 2.75) is 6.92 Å². The van der Waals surface area contributed by atoms with Crippen LogP contribution in [0.2, 0.25) is 0 Å². The van der Waals surface area contributed by atoms with Gasteiger partial charge in [0.1, 0.15) is 12.2 Å². The van der Waals surface area contributed by atoms with E-state index in [2.05, 4.69) is 15.4 Å². The Bertz CT molecular complexity index is 356. The molecule has 6 heteroatoms. The number of fused-ring (bicyclic) bond motifs is 1. The van der Waals surface area contributed by atoms with Crippen LogP contribution in [-0.4, -0.2) is 26.6 Å². The first-order valence-electron chi connectivity index (χ1n) is 3.45. The van der Waals surface area contributed by atoms with Crippen LogP contribution in [-0.2, 0) is 4.79 Å². The molecule has 0 bridgehead atoms. The molecule has 12 heavy (non-hydrogen) atoms. The Morgan fingerprint density at radius 3 is 3.08 bits per heavy atom. The smallest absolute Gasteiger partial charge is 0.262 e. The van der Waals surface area contributed by atoms with Gasteiger partial charge in [-0.25, -0.2) is 0 Å². The van der Waals surface area contributed by atoms with Crippen molar-refractivity contribution in [3.8, 4) is 0 Å². The van der Waals surface area contributed by atoms with E-state index < -0.39 is 5.92 Å². The van der Waals surface area contributed by atoms with Gasteiger partial charge in [0.25, 0.3) is 5.91 Å². The van der Waals surface area contributed by atoms with Gasteiger partial charge in [-0.05, 0) is 6.92 Å². The molecule has 0 spiro atoms. The normalized spacial score (nSPS) is 21.9. The van der Waals surface area contributed by atoms with Crippen molar-refractivity contribution in [2.75, 3.05) is 5.32 Å². The van der Waals surface area contributed by atoms with Gasteiger partial charge in [-0.2, -0.15) is 14.8 Å². The summed E-state index contributed by atoms with van der Waals surface area (Å²) in [7, 11) is 0. The lowest BCUT2D eigenvalue weighted by Gasteiger charge is -2.16. The van der Waals surface area contributed by atoms with Crippen molar-refractivity contribution < 1.29 is 9.59 Å². The summed E-state index contributed by atoms with van der Waals surface area (Å²) >= 11 is 0. The predicted molar refractivity (Wildman–Crippen MR) is 38.4 cm³/mol. The fraction of sp³-hybridized carbons (Fsp3) is 0.333. The van der Waals surface area contributed by atoms with Crippen LogP contribution >= 0.6 is 0 Å². The molecule has 1 aromatic heterocycles. The Kier molecular flexibility index (Phi) is 1.24. The van der Waals surface area contributed by atoms with Gasteiger partial charge in [-0.15, -0.1) is 0 Å². The average Bonchev–Trinajstić information content (AvgIpc) is 2.48. The molecule has 1 unspecified atom stereocenters. The van der Waals surface area contributed by atoms with Crippen LogP contribution in [0.15, 0.2) is 6.33 Å². The van der Waals surface area contributed by atoms with Crippen LogP contribution in [0.4, 0.5) is 5.95 Å². The second-order valence-electron chi connectivity index (χ2n) is 2.54. The summed E-state index contributed by atoms with van der Waals surface area (Å²) in [6, 6.07) is 0. The number of carbonyl (C=O) groups excluding carboxylic acids is 2. The van der Waals surface area contributed by atoms with E-state index in [9.17, 15) is 9.59 Å². The lowest BCUT2D eigenvalue weighted by atomic mass is 10.1. The van der Waals surface area contributed by atoms with Crippen LogP contribution in [0.3, 0.4) is 0 Å². The van der Waals surface area contributed by atoms with Crippen molar-refractivity contribution in [3.05, 3.63) is 6.33 Å². The van der Waals surface area contributed by atoms with Crippen molar-refractivity contribution in [2.24, 2.45) is 5.92 Å². The third kappa shape index (κ3) is 0.744. The zero-order valence-corrected chi connectivity index (χ0v) is 6.31. The number of nitrogens with one attached hydrogen (secondary N) is 1. The van der Waals surface area contributed by atoms with E-state index in [4.69, 9.17) is 0 Å². The molecule has 1 N–H and O–H groups in total. The highest BCUT2D eigenvalue weighted by atomic mass is 16.2. The van der Waals surface area contributed by atoms with E-state index >= 15 is 0 Å². The monoisotopic (exact) mass is 166 g/mol. The zero-order valence-electron chi connectivity index (χ0n) is 6.31. The molecule has 1 aromatic rings. The number of amides is 1. The lowest BCUT2D eigenvalue weighted by Crippen LogP contribution is -2.38. The SMILES string of the molecule is CC1C(=O)Nc2ncnn2C1=O. The minimum atomic E-state index is -0.681. The first-order chi connectivity index (χ1) is 5.70. The molecule has 2 heterocycles. The van der Waals surface area contributed by atoms with Gasteiger partial charge in [0, 0.05) is 0 Å². The summed E-state index contributed by atoms with van der Waals surface area (Å²) < 4.78 is 1.09. The fourth-order valence-electron chi connectivity index (χ4n) is 1.00. The van der Waals surface area contributed by atoms with Crippen LogP contribution in [0.1, 0.15) is 11.7 Å². The molecular formula is C6H6N4O2. The fourth-order valence-corrected chi connectivity index (χ4v) is 1.00. The van der Waals surface area contributed by atoms with E-state index in [0.29, 0.717) is 0 Å². The van der Waals surface area contributed by atoms with Crippen LogP contribution < -0.4 is 5.32 Å². The molecule has 1 atom stereocenters. The molecule has 0 saturated carbocycles. The maximum absolute atomic E-state index is 11.3. The molecule has 2 rings (SSSR count). The molecule has 1 amide bonds. The van der Waals surface area contributed by atoms with Crippen molar-refractivity contribution in [3.63, 3.8) is 0 Å². The molecule has 1 aliphatic rings. The molecule has 0 aliphatic carbocycles. The summed E-state index contributed by atoms with van der Waals surface area (Å²) in [5.74, 6) is -1.16. The number of rotatable bonds is 0. The molecular weight excluding hydrogens is 160 g/mol. The van der Waals surface area contributed by atoms with Crippen molar-refractivity contribution in [1.29, 1.82) is 0 Å². The maximum atomic E-state index is 11.3. The third-order valence-electron chi connectivity index (χ3n) is 1.76. The second-order valence-corrected chi connectivity index (χ2v) is 2.54. The second kappa shape index (κ2) is 2.13. The van der Waals surface area contributed by atoms with Gasteiger partial charge >= 0.3 is 0 Å². The quantitative estimate of drug-likeness (QED) is 0.527. The minimum absolute atomic E-state index is 0.197. The topological polar surface area (TPSA) is 76.9 Å². The molecule has 6 nitrogen and oxygen atoms in total. The minimum Gasteiger partial charge on any atom is -0.294 e. The maximum Gasteiger partial charge on any atom is 0.262 e. The predicted octanol–water partition coefficient (Wildman–Crippen LogP) is -0.494. The summed E-state index contributed by atoms with van der Waals surface area (Å²) in [4.78, 5) is 26.0. The molecule has 0 fully saturated rings. The van der Waals surface area contributed by atoms with Gasteiger partial charge < -0.3 is 0 Å². The first-order valence-corrected chi connectivity index (χ1v) is 3.45. The third-order valence-corrected chi connectivity index (χ3v) is 1.76. The number of nitrogens with zero attached hydrogens (tertiary/aromatic N) is 3. The summed E-state index contributed by atoms with van der Waals surface area (Å²) in [5, 5.41) is 6.11. The number of carbonyl (C=O) groups is 2. The van der Waals surface area contributed by atoms with Gasteiger partial charge in [0.2, 0.25) is 11.9 Å². The molecule has 0 radical (unpaired) electrons. The van der Waals surface area contributed by atoms with E-state index in [1.165, 1.54) is 13.3 Å². The van der Waals surface area contributed by atoms with E-state index in [1.54, 1.807) is 0 Å². The Morgan fingerprint density at radius 2 is 2.33 bits per heavy atom. The van der Waals surface area contributed by atoms with Crippen LogP contribution in [0.5, 0.6) is 0 Å². The summed E-state index contributed by atoms with van der Waals surface area (Å²) in [5.41, 5.74) is 0. The van der Waals surface area contributed by atoms with Crippen LogP contribution in [0, 0.1) is 5.92 Å². The number of anilines is 1. The van der Waals surface area contributed by atoms with Crippen molar-refractivity contribution in [1.82, 2.24) is 14.8 Å². The Morgan fingerprint density at radius 1 is 1.58 bits per heavy atom. The van der Waals surface area contributed by atoms with Crippen LogP contribution in [0.25, 0.3) is 0 Å². The highest BCUT2D eigenvalue weighted by Gasteiger charge is 2.31. The number of hydrogen-bond acceptors (Lipinski definition) is 4. The van der Waals surface area contributed by atoms with E-state index in [-0.39, 0.29) is 17.8 Å². The first kappa shape index (κ1) is 6.96. The average molecular weight is 166 g/mol. The Labute approximate surface area is 67.6 Å². The van der Waals surface area contributed by atoms with E-state index in [0.717, 1.165) is 4.68 Å². The van der Waals surface area contributed by atoms with Crippen molar-refractivity contribution >= 4 is 17.8 Å². The zero-order chi connectivity index (χ0) is 8.72. The highest BCUT2D eigenvalue weighted by Crippen LogP contribution is 2.13. The Balaban J connectivity index is 2.53. The number of hydrogen-bond donors (Lipinski definition) is 1. The summed E-state index contributed by atoms with van der Waals surface area (Å²) in [6.45, 7) is 1.53. The molecule has 0 saturated heterocycles. The molecule has 1 aliphatic heterocycles. The number of aromatic nitrogens is 3. The van der Waals surface area contributed by atoms with Gasteiger partial charge in [0.15, 0.2) is 0 Å². The Hall–Kier alpha value is -1.72. The molecule has 62 valence electrons. The van der Waals surface area contributed by atoms with E-state index in [1.807, 2.05) is 0 Å². The van der Waals surface area contributed by atoms with Gasteiger partial charge in [0.05, 0.1) is 0 Å². The largest absolute Gasteiger partial charge is 0.294 e. The summed E-state index contributed by atoms with van der Waals surface area (Å²) in [6.07, 6.45) is 1.23. The highest BCUT2D eigenvalue weighted by molar-refractivity contribution is 6.10. The van der Waals surface area contributed by atoms with Gasteiger partial charge in [-0.3, -0.25) is 14.9 Å². The standard InChI is InChI=1S/C6H6N4O2/c1-3-4(11)9-6-7-2-8-10(6)5(3)12/h2-3H,1H3,(H,7,8,9,11). The van der Waals surface area contributed by atoms with Gasteiger partial charge in [-0.1, -0.05) is 0 Å².